The largest absolute Gasteiger partial charge is 0.393 e. The molecule has 0 aromatic carbocycles. The summed E-state index contributed by atoms with van der Waals surface area (Å²) in [4.78, 5) is 2.47. The molecule has 3 atom stereocenters. The lowest BCUT2D eigenvalue weighted by Gasteiger charge is -2.42. The molecule has 0 aromatic rings. The van der Waals surface area contributed by atoms with Gasteiger partial charge in [-0.05, 0) is 33.1 Å². The summed E-state index contributed by atoms with van der Waals surface area (Å²) in [7, 11) is 0. The molecule has 1 N–H and O–H groups in total. The minimum atomic E-state index is -0.0880. The maximum absolute atomic E-state index is 9.62. The Morgan fingerprint density at radius 1 is 1.33 bits per heavy atom. The molecule has 1 saturated heterocycles. The highest BCUT2D eigenvalue weighted by molar-refractivity contribution is 4.84. The second kappa shape index (κ2) is 3.75. The monoisotopic (exact) mass is 171 g/mol. The molecule has 0 bridgehead atoms. The summed E-state index contributed by atoms with van der Waals surface area (Å²) in [5, 5.41) is 9.62. The van der Waals surface area contributed by atoms with Crippen LogP contribution in [0.3, 0.4) is 0 Å². The van der Waals surface area contributed by atoms with Gasteiger partial charge in [-0.3, -0.25) is 4.90 Å². The van der Waals surface area contributed by atoms with Crippen molar-refractivity contribution in [2.24, 2.45) is 5.92 Å². The fourth-order valence-corrected chi connectivity index (χ4v) is 2.07. The molecule has 3 unspecified atom stereocenters. The van der Waals surface area contributed by atoms with E-state index in [1.807, 2.05) is 0 Å². The molecular weight excluding hydrogens is 150 g/mol. The lowest BCUT2D eigenvalue weighted by atomic mass is 9.91. The number of piperidine rings is 1. The third-order valence-corrected chi connectivity index (χ3v) is 2.97. The van der Waals surface area contributed by atoms with Crippen LogP contribution in [0, 0.1) is 5.92 Å². The second-order valence-corrected chi connectivity index (χ2v) is 4.42. The Bertz CT molecular complexity index is 147. The Kier molecular flexibility index (Phi) is 3.13. The Morgan fingerprint density at radius 2 is 1.92 bits per heavy atom. The Labute approximate surface area is 75.6 Å². The van der Waals surface area contributed by atoms with Gasteiger partial charge in [0.1, 0.15) is 0 Å². The van der Waals surface area contributed by atoms with Gasteiger partial charge >= 0.3 is 0 Å². The zero-order chi connectivity index (χ0) is 9.30. The van der Waals surface area contributed by atoms with Crippen LogP contribution >= 0.6 is 0 Å². The van der Waals surface area contributed by atoms with Crippen molar-refractivity contribution in [2.75, 3.05) is 6.54 Å². The first kappa shape index (κ1) is 10.0. The minimum absolute atomic E-state index is 0.0880. The third kappa shape index (κ3) is 1.99. The van der Waals surface area contributed by atoms with Gasteiger partial charge in [0.2, 0.25) is 0 Å². The molecular formula is C10H21NO. The normalized spacial score (nSPS) is 39.0. The van der Waals surface area contributed by atoms with Crippen molar-refractivity contribution < 1.29 is 5.11 Å². The standard InChI is InChI=1S/C10H21NO/c1-7(2)11-6-8(3)10(12)5-9(11)4/h7-10,12H,5-6H2,1-4H3. The zero-order valence-corrected chi connectivity index (χ0v) is 8.62. The van der Waals surface area contributed by atoms with Crippen LogP contribution in [0.4, 0.5) is 0 Å². The molecule has 1 heterocycles. The third-order valence-electron chi connectivity index (χ3n) is 2.97. The molecule has 1 rings (SSSR count). The Balaban J connectivity index is 2.55. The predicted molar refractivity (Wildman–Crippen MR) is 51.1 cm³/mol. The fraction of sp³-hybridized carbons (Fsp3) is 1.00. The summed E-state index contributed by atoms with van der Waals surface area (Å²) in [5.74, 6) is 0.434. The predicted octanol–water partition coefficient (Wildman–Crippen LogP) is 1.49. The lowest BCUT2D eigenvalue weighted by Crippen LogP contribution is -2.50. The molecule has 72 valence electrons. The van der Waals surface area contributed by atoms with Crippen LogP contribution in [0.5, 0.6) is 0 Å². The number of aliphatic hydroxyl groups excluding tert-OH is 1. The van der Waals surface area contributed by atoms with E-state index in [9.17, 15) is 5.11 Å². The first-order chi connectivity index (χ1) is 5.52. The van der Waals surface area contributed by atoms with Crippen molar-refractivity contribution in [3.63, 3.8) is 0 Å². The molecule has 2 heteroatoms. The number of rotatable bonds is 1. The van der Waals surface area contributed by atoms with E-state index in [1.165, 1.54) is 0 Å². The van der Waals surface area contributed by atoms with E-state index in [0.29, 0.717) is 18.0 Å². The molecule has 1 aliphatic rings. The van der Waals surface area contributed by atoms with Crippen molar-refractivity contribution >= 4 is 0 Å². The number of nitrogens with zero attached hydrogens (tertiary/aromatic N) is 1. The molecule has 1 fully saturated rings. The van der Waals surface area contributed by atoms with Crippen molar-refractivity contribution in [1.29, 1.82) is 0 Å². The summed E-state index contributed by atoms with van der Waals surface area (Å²) < 4.78 is 0. The highest BCUT2D eigenvalue weighted by Crippen LogP contribution is 2.23. The van der Waals surface area contributed by atoms with E-state index in [0.717, 1.165) is 13.0 Å². The molecule has 0 aromatic heterocycles. The number of hydrogen-bond donors (Lipinski definition) is 1. The summed E-state index contributed by atoms with van der Waals surface area (Å²) in [5.41, 5.74) is 0. The van der Waals surface area contributed by atoms with Crippen LogP contribution in [-0.2, 0) is 0 Å². The highest BCUT2D eigenvalue weighted by atomic mass is 16.3. The molecule has 0 spiro atoms. The van der Waals surface area contributed by atoms with Crippen LogP contribution < -0.4 is 0 Å². The second-order valence-electron chi connectivity index (χ2n) is 4.42. The average molecular weight is 171 g/mol. The summed E-state index contributed by atoms with van der Waals surface area (Å²) in [6.07, 6.45) is 0.842. The van der Waals surface area contributed by atoms with Gasteiger partial charge in [0, 0.05) is 18.6 Å². The maximum Gasteiger partial charge on any atom is 0.0592 e. The van der Waals surface area contributed by atoms with Crippen LogP contribution in [0.15, 0.2) is 0 Å². The van der Waals surface area contributed by atoms with Crippen LogP contribution in [0.2, 0.25) is 0 Å². The minimum Gasteiger partial charge on any atom is -0.393 e. The number of aliphatic hydroxyl groups is 1. The first-order valence-electron chi connectivity index (χ1n) is 4.96. The van der Waals surface area contributed by atoms with Crippen molar-refractivity contribution in [3.8, 4) is 0 Å². The summed E-state index contributed by atoms with van der Waals surface area (Å²) in [6, 6.07) is 1.14. The van der Waals surface area contributed by atoms with E-state index in [1.54, 1.807) is 0 Å². The van der Waals surface area contributed by atoms with E-state index in [-0.39, 0.29) is 6.10 Å². The van der Waals surface area contributed by atoms with Gasteiger partial charge in [0.15, 0.2) is 0 Å². The van der Waals surface area contributed by atoms with Gasteiger partial charge in [-0.1, -0.05) is 6.92 Å². The average Bonchev–Trinajstić information content (AvgIpc) is 1.96. The smallest absolute Gasteiger partial charge is 0.0592 e. The van der Waals surface area contributed by atoms with E-state index in [4.69, 9.17) is 0 Å². The summed E-state index contributed by atoms with van der Waals surface area (Å²) >= 11 is 0. The van der Waals surface area contributed by atoms with Gasteiger partial charge in [-0.15, -0.1) is 0 Å². The molecule has 0 radical (unpaired) electrons. The number of hydrogen-bond acceptors (Lipinski definition) is 2. The van der Waals surface area contributed by atoms with Gasteiger partial charge in [-0.2, -0.15) is 0 Å². The van der Waals surface area contributed by atoms with E-state index in [2.05, 4.69) is 32.6 Å². The van der Waals surface area contributed by atoms with Gasteiger partial charge in [0.25, 0.3) is 0 Å². The Hall–Kier alpha value is -0.0800. The fourth-order valence-electron chi connectivity index (χ4n) is 2.07. The first-order valence-corrected chi connectivity index (χ1v) is 4.96. The maximum atomic E-state index is 9.62. The molecule has 0 aliphatic carbocycles. The molecule has 2 nitrogen and oxygen atoms in total. The van der Waals surface area contributed by atoms with Crippen LogP contribution in [0.1, 0.15) is 34.1 Å². The van der Waals surface area contributed by atoms with Gasteiger partial charge in [0.05, 0.1) is 6.10 Å². The molecule has 0 saturated carbocycles. The zero-order valence-electron chi connectivity index (χ0n) is 8.62. The topological polar surface area (TPSA) is 23.5 Å². The SMILES string of the molecule is CC1CN(C(C)C)C(C)CC1O. The molecule has 0 amide bonds. The van der Waals surface area contributed by atoms with Crippen molar-refractivity contribution in [1.82, 2.24) is 4.90 Å². The lowest BCUT2D eigenvalue weighted by molar-refractivity contribution is -0.00774. The van der Waals surface area contributed by atoms with Gasteiger partial charge in [-0.25, -0.2) is 0 Å². The molecule has 12 heavy (non-hydrogen) atoms. The van der Waals surface area contributed by atoms with Gasteiger partial charge < -0.3 is 5.11 Å². The summed E-state index contributed by atoms with van der Waals surface area (Å²) in [6.45, 7) is 9.82. The highest BCUT2D eigenvalue weighted by Gasteiger charge is 2.30. The van der Waals surface area contributed by atoms with Crippen LogP contribution in [0.25, 0.3) is 0 Å². The molecule has 1 aliphatic heterocycles. The van der Waals surface area contributed by atoms with Crippen molar-refractivity contribution in [3.05, 3.63) is 0 Å². The van der Waals surface area contributed by atoms with Crippen molar-refractivity contribution in [2.45, 2.75) is 52.3 Å². The Morgan fingerprint density at radius 3 is 2.42 bits per heavy atom. The van der Waals surface area contributed by atoms with Crippen LogP contribution in [-0.4, -0.2) is 34.7 Å². The van der Waals surface area contributed by atoms with E-state index < -0.39 is 0 Å². The van der Waals surface area contributed by atoms with E-state index >= 15 is 0 Å². The number of likely N-dealkylation sites (tertiary alicyclic amines) is 1. The quantitative estimate of drug-likeness (QED) is 0.646.